The summed E-state index contributed by atoms with van der Waals surface area (Å²) >= 11 is 1.54. The highest BCUT2D eigenvalue weighted by Crippen LogP contribution is 2.08. The number of thiazole rings is 1. The summed E-state index contributed by atoms with van der Waals surface area (Å²) in [6.45, 7) is 2.66. The Morgan fingerprint density at radius 1 is 1.27 bits per heavy atom. The van der Waals surface area contributed by atoms with Crippen molar-refractivity contribution in [3.63, 3.8) is 0 Å². The number of nitrogens with zero attached hydrogens (tertiary/aromatic N) is 3. The third-order valence-electron chi connectivity index (χ3n) is 3.13. The van der Waals surface area contributed by atoms with Gasteiger partial charge in [0.15, 0.2) is 0 Å². The Hall–Kier alpha value is -2.60. The van der Waals surface area contributed by atoms with E-state index in [4.69, 9.17) is 4.42 Å². The lowest BCUT2D eigenvalue weighted by atomic mass is 10.2. The van der Waals surface area contributed by atoms with E-state index in [1.54, 1.807) is 36.7 Å². The summed E-state index contributed by atoms with van der Waals surface area (Å²) in [7, 11) is 0. The van der Waals surface area contributed by atoms with Gasteiger partial charge in [-0.3, -0.25) is 0 Å². The van der Waals surface area contributed by atoms with Crippen LogP contribution in [0.5, 0.6) is 5.75 Å². The molecule has 1 N–H and O–H groups in total. The van der Waals surface area contributed by atoms with Gasteiger partial charge in [-0.2, -0.15) is 5.10 Å². The van der Waals surface area contributed by atoms with Gasteiger partial charge in [-0.05, 0) is 48.9 Å². The Morgan fingerprint density at radius 2 is 2.09 bits per heavy atom. The Morgan fingerprint density at radius 3 is 2.82 bits per heavy atom. The summed E-state index contributed by atoms with van der Waals surface area (Å²) < 4.78 is 7.44. The van der Waals surface area contributed by atoms with Crippen molar-refractivity contribution < 1.29 is 9.52 Å². The van der Waals surface area contributed by atoms with Crippen LogP contribution in [0.15, 0.2) is 62.7 Å². The quantitative estimate of drug-likeness (QED) is 0.594. The molecule has 0 saturated carbocycles. The number of benzene rings is 1. The van der Waals surface area contributed by atoms with Crippen LogP contribution in [0, 0.1) is 6.92 Å². The van der Waals surface area contributed by atoms with Crippen molar-refractivity contribution >= 4 is 17.6 Å². The summed E-state index contributed by atoms with van der Waals surface area (Å²) in [6.07, 6.45) is 3.32. The molecule has 0 bridgehead atoms. The number of phenolic OH excluding ortho intramolecular Hbond substituents is 1. The van der Waals surface area contributed by atoms with Crippen molar-refractivity contribution in [1.82, 2.24) is 4.57 Å². The second-order valence-corrected chi connectivity index (χ2v) is 5.60. The van der Waals surface area contributed by atoms with Crippen molar-refractivity contribution in [2.24, 2.45) is 10.2 Å². The normalized spacial score (nSPS) is 12.3. The maximum Gasteiger partial charge on any atom is 0.211 e. The maximum absolute atomic E-state index is 9.24. The molecule has 0 amide bonds. The maximum atomic E-state index is 9.24. The summed E-state index contributed by atoms with van der Waals surface area (Å²) in [5.41, 5.74) is 1.99. The van der Waals surface area contributed by atoms with Crippen LogP contribution in [-0.2, 0) is 6.54 Å². The van der Waals surface area contributed by atoms with Crippen LogP contribution in [0.4, 0.5) is 0 Å². The molecule has 3 rings (SSSR count). The lowest BCUT2D eigenvalue weighted by molar-refractivity contribution is 0.475. The van der Waals surface area contributed by atoms with Crippen molar-refractivity contribution in [2.75, 3.05) is 0 Å². The molecular formula is C16H15N3O2S. The van der Waals surface area contributed by atoms with Gasteiger partial charge in [-0.15, -0.1) is 16.4 Å². The average Bonchev–Trinajstić information content (AvgIpc) is 3.14. The molecule has 0 aliphatic heterocycles. The molecule has 0 aliphatic carbocycles. The van der Waals surface area contributed by atoms with Gasteiger partial charge >= 0.3 is 0 Å². The van der Waals surface area contributed by atoms with Crippen molar-refractivity contribution in [3.05, 3.63) is 69.9 Å². The van der Waals surface area contributed by atoms with Gasteiger partial charge in [-0.25, -0.2) is 0 Å². The first-order valence-electron chi connectivity index (χ1n) is 6.76. The van der Waals surface area contributed by atoms with E-state index in [2.05, 4.69) is 14.8 Å². The van der Waals surface area contributed by atoms with Gasteiger partial charge in [0.05, 0.1) is 19.0 Å². The zero-order valence-electron chi connectivity index (χ0n) is 12.0. The van der Waals surface area contributed by atoms with E-state index in [1.165, 1.54) is 11.3 Å². The second kappa shape index (κ2) is 6.44. The van der Waals surface area contributed by atoms with Gasteiger partial charge in [0.1, 0.15) is 11.5 Å². The molecule has 0 unspecified atom stereocenters. The molecule has 0 saturated heterocycles. The van der Waals surface area contributed by atoms with Crippen molar-refractivity contribution in [1.29, 1.82) is 0 Å². The van der Waals surface area contributed by atoms with E-state index >= 15 is 0 Å². The SMILES string of the molecule is Cc1csc(=N/N=C/c2ccc(O)cc2)n1Cc1ccco1. The minimum Gasteiger partial charge on any atom is -0.508 e. The number of aromatic nitrogens is 1. The predicted octanol–water partition coefficient (Wildman–Crippen LogP) is 3.14. The number of hydrogen-bond donors (Lipinski definition) is 1. The third kappa shape index (κ3) is 3.35. The Balaban J connectivity index is 1.83. The molecule has 0 fully saturated rings. The first kappa shape index (κ1) is 14.3. The third-order valence-corrected chi connectivity index (χ3v) is 4.10. The highest BCUT2D eigenvalue weighted by atomic mass is 32.1. The number of hydrogen-bond acceptors (Lipinski definition) is 5. The van der Waals surface area contributed by atoms with Gasteiger partial charge in [-0.1, -0.05) is 0 Å². The van der Waals surface area contributed by atoms with E-state index in [1.807, 2.05) is 24.4 Å². The van der Waals surface area contributed by atoms with Crippen LogP contribution >= 0.6 is 11.3 Å². The summed E-state index contributed by atoms with van der Waals surface area (Å²) in [6, 6.07) is 10.6. The van der Waals surface area contributed by atoms with E-state index < -0.39 is 0 Å². The molecule has 3 aromatic rings. The van der Waals surface area contributed by atoms with Gasteiger partial charge in [0.25, 0.3) is 0 Å². The first-order chi connectivity index (χ1) is 10.7. The topological polar surface area (TPSA) is 63.0 Å². The molecule has 2 aromatic heterocycles. The number of aromatic hydroxyl groups is 1. The molecule has 6 heteroatoms. The molecule has 2 heterocycles. The fraction of sp³-hybridized carbons (Fsp3) is 0.125. The number of aryl methyl sites for hydroxylation is 1. The molecule has 0 spiro atoms. The molecule has 1 aromatic carbocycles. The standard InChI is InChI=1S/C16H15N3O2S/c1-12-11-22-16(19(12)10-15-3-2-8-21-15)18-17-9-13-4-6-14(20)7-5-13/h2-9,11,20H,10H2,1H3/b17-9+,18-16?. The van der Waals surface area contributed by atoms with E-state index in [0.29, 0.717) is 6.54 Å². The minimum absolute atomic E-state index is 0.235. The van der Waals surface area contributed by atoms with Crippen LogP contribution in [0.3, 0.4) is 0 Å². The van der Waals surface area contributed by atoms with E-state index in [0.717, 1.165) is 21.8 Å². The first-order valence-corrected chi connectivity index (χ1v) is 7.64. The Bertz CT molecular complexity index is 827. The van der Waals surface area contributed by atoms with Gasteiger partial charge in [0, 0.05) is 11.1 Å². The molecular weight excluding hydrogens is 298 g/mol. The fourth-order valence-corrected chi connectivity index (χ4v) is 2.78. The van der Waals surface area contributed by atoms with Crippen LogP contribution in [0.25, 0.3) is 0 Å². The molecule has 22 heavy (non-hydrogen) atoms. The zero-order chi connectivity index (χ0) is 15.4. The molecule has 0 radical (unpaired) electrons. The van der Waals surface area contributed by atoms with Crippen molar-refractivity contribution in [2.45, 2.75) is 13.5 Å². The minimum atomic E-state index is 0.235. The second-order valence-electron chi connectivity index (χ2n) is 4.76. The lowest BCUT2D eigenvalue weighted by Crippen LogP contribution is -2.16. The van der Waals surface area contributed by atoms with Crippen LogP contribution in [-0.4, -0.2) is 15.9 Å². The van der Waals surface area contributed by atoms with Crippen LogP contribution in [0.2, 0.25) is 0 Å². The highest BCUT2D eigenvalue weighted by Gasteiger charge is 2.04. The largest absolute Gasteiger partial charge is 0.508 e. The molecule has 0 atom stereocenters. The molecule has 0 aliphatic rings. The number of rotatable bonds is 4. The van der Waals surface area contributed by atoms with Crippen molar-refractivity contribution in [3.8, 4) is 5.75 Å². The van der Waals surface area contributed by atoms with Crippen LogP contribution in [0.1, 0.15) is 17.0 Å². The number of phenols is 1. The summed E-state index contributed by atoms with van der Waals surface area (Å²) in [4.78, 5) is 0.809. The van der Waals surface area contributed by atoms with E-state index in [-0.39, 0.29) is 5.75 Å². The van der Waals surface area contributed by atoms with E-state index in [9.17, 15) is 5.11 Å². The predicted molar refractivity (Wildman–Crippen MR) is 86.1 cm³/mol. The monoisotopic (exact) mass is 313 g/mol. The summed E-state index contributed by atoms with van der Waals surface area (Å²) in [5, 5.41) is 19.7. The van der Waals surface area contributed by atoms with Crippen LogP contribution < -0.4 is 4.80 Å². The highest BCUT2D eigenvalue weighted by molar-refractivity contribution is 7.07. The average molecular weight is 313 g/mol. The lowest BCUT2D eigenvalue weighted by Gasteiger charge is -2.02. The zero-order valence-corrected chi connectivity index (χ0v) is 12.8. The van der Waals surface area contributed by atoms with Gasteiger partial charge < -0.3 is 14.1 Å². The fourth-order valence-electron chi connectivity index (χ4n) is 1.95. The van der Waals surface area contributed by atoms with Gasteiger partial charge in [0.2, 0.25) is 4.80 Å². The molecule has 5 nitrogen and oxygen atoms in total. The smallest absolute Gasteiger partial charge is 0.211 e. The Kier molecular flexibility index (Phi) is 4.20. The molecule has 112 valence electrons. The Labute approximate surface area is 131 Å². The summed E-state index contributed by atoms with van der Waals surface area (Å²) in [5.74, 6) is 1.12. The number of furan rings is 1.